The molecule has 0 amide bonds. The summed E-state index contributed by atoms with van der Waals surface area (Å²) >= 11 is 0. The lowest BCUT2D eigenvalue weighted by Crippen LogP contribution is -2.15. The summed E-state index contributed by atoms with van der Waals surface area (Å²) in [7, 11) is 1.57. The Morgan fingerprint density at radius 3 is 2.85 bits per heavy atom. The molecule has 0 aliphatic carbocycles. The minimum atomic E-state index is -1.02. The van der Waals surface area contributed by atoms with Crippen LogP contribution in [0.25, 0.3) is 0 Å². The van der Waals surface area contributed by atoms with E-state index >= 15 is 0 Å². The van der Waals surface area contributed by atoms with E-state index < -0.39 is 5.97 Å². The molecule has 0 fully saturated rings. The molecule has 0 radical (unpaired) electrons. The van der Waals surface area contributed by atoms with E-state index in [1.165, 1.54) is 6.07 Å². The molecule has 2 N–H and O–H groups in total. The van der Waals surface area contributed by atoms with Crippen molar-refractivity contribution in [1.82, 2.24) is 9.97 Å². The zero-order chi connectivity index (χ0) is 14.5. The standard InChI is InChI=1S/C14H14N2O4/c1-20-11-5-3-2-4-9(11)6-12-15-10(8-14(18)19)7-13(17)16-12/h2-5,7H,6,8H2,1H3,(H,18,19)(H,15,16,17). The summed E-state index contributed by atoms with van der Waals surface area (Å²) in [5.41, 5.74) is 0.748. The highest BCUT2D eigenvalue weighted by Crippen LogP contribution is 2.19. The van der Waals surface area contributed by atoms with Gasteiger partial charge in [-0.15, -0.1) is 0 Å². The molecule has 0 atom stereocenters. The van der Waals surface area contributed by atoms with Gasteiger partial charge in [-0.2, -0.15) is 0 Å². The maximum atomic E-state index is 11.5. The Morgan fingerprint density at radius 2 is 2.15 bits per heavy atom. The van der Waals surface area contributed by atoms with Gasteiger partial charge in [-0.3, -0.25) is 9.59 Å². The Kier molecular flexibility index (Phi) is 4.14. The Bertz CT molecular complexity index is 679. The molecular weight excluding hydrogens is 260 g/mol. The Hall–Kier alpha value is -2.63. The third kappa shape index (κ3) is 3.44. The second-order valence-electron chi connectivity index (χ2n) is 4.24. The number of aliphatic carboxylic acids is 1. The van der Waals surface area contributed by atoms with Gasteiger partial charge in [0.15, 0.2) is 0 Å². The van der Waals surface area contributed by atoms with Crippen LogP contribution in [0.1, 0.15) is 17.1 Å². The van der Waals surface area contributed by atoms with Crippen LogP contribution in [0.15, 0.2) is 35.1 Å². The molecule has 0 aliphatic rings. The largest absolute Gasteiger partial charge is 0.496 e. The van der Waals surface area contributed by atoms with Crippen LogP contribution >= 0.6 is 0 Å². The number of hydrogen-bond acceptors (Lipinski definition) is 4. The van der Waals surface area contributed by atoms with Gasteiger partial charge in [0.1, 0.15) is 11.6 Å². The van der Waals surface area contributed by atoms with Crippen LogP contribution in [0.5, 0.6) is 5.75 Å². The minimum absolute atomic E-state index is 0.242. The lowest BCUT2D eigenvalue weighted by molar-refractivity contribution is -0.136. The first-order chi connectivity index (χ1) is 9.58. The van der Waals surface area contributed by atoms with Crippen LogP contribution in [0.2, 0.25) is 0 Å². The second-order valence-corrected chi connectivity index (χ2v) is 4.24. The molecule has 2 aromatic rings. The van der Waals surface area contributed by atoms with Gasteiger partial charge in [0, 0.05) is 18.1 Å². The van der Waals surface area contributed by atoms with Gasteiger partial charge in [-0.05, 0) is 6.07 Å². The first-order valence-corrected chi connectivity index (χ1v) is 6.01. The molecule has 0 bridgehead atoms. The van der Waals surface area contributed by atoms with E-state index in [9.17, 15) is 9.59 Å². The van der Waals surface area contributed by atoms with Crippen LogP contribution in [0, 0.1) is 0 Å². The Balaban J connectivity index is 2.31. The average Bonchev–Trinajstić information content (AvgIpc) is 2.37. The molecule has 6 heteroatoms. The van der Waals surface area contributed by atoms with Crippen molar-refractivity contribution in [1.29, 1.82) is 0 Å². The van der Waals surface area contributed by atoms with Crippen molar-refractivity contribution in [3.05, 3.63) is 57.8 Å². The van der Waals surface area contributed by atoms with Crippen LogP contribution in [0.4, 0.5) is 0 Å². The quantitative estimate of drug-likeness (QED) is 0.848. The number of aromatic nitrogens is 2. The number of H-pyrrole nitrogens is 1. The SMILES string of the molecule is COc1ccccc1Cc1nc(CC(=O)O)cc(=O)[nH]1. The summed E-state index contributed by atoms with van der Waals surface area (Å²) in [5, 5.41) is 8.75. The van der Waals surface area contributed by atoms with Crippen LogP contribution in [-0.4, -0.2) is 28.2 Å². The van der Waals surface area contributed by atoms with E-state index in [1.807, 2.05) is 24.3 Å². The summed E-state index contributed by atoms with van der Waals surface area (Å²) < 4.78 is 5.23. The number of methoxy groups -OCH3 is 1. The van der Waals surface area contributed by atoms with E-state index in [1.54, 1.807) is 7.11 Å². The third-order valence-electron chi connectivity index (χ3n) is 2.73. The van der Waals surface area contributed by atoms with Gasteiger partial charge in [-0.25, -0.2) is 4.98 Å². The van der Waals surface area contributed by atoms with E-state index in [4.69, 9.17) is 9.84 Å². The fourth-order valence-electron chi connectivity index (χ4n) is 1.92. The second kappa shape index (κ2) is 6.01. The minimum Gasteiger partial charge on any atom is -0.496 e. The Labute approximate surface area is 115 Å². The lowest BCUT2D eigenvalue weighted by Gasteiger charge is -2.08. The lowest BCUT2D eigenvalue weighted by atomic mass is 10.1. The summed E-state index contributed by atoms with van der Waals surface area (Å²) in [6.45, 7) is 0. The molecule has 1 heterocycles. The zero-order valence-corrected chi connectivity index (χ0v) is 10.9. The van der Waals surface area contributed by atoms with Crippen LogP contribution in [-0.2, 0) is 17.6 Å². The molecule has 0 unspecified atom stereocenters. The first kappa shape index (κ1) is 13.8. The number of nitrogens with one attached hydrogen (secondary N) is 1. The highest BCUT2D eigenvalue weighted by atomic mass is 16.5. The zero-order valence-electron chi connectivity index (χ0n) is 10.9. The molecule has 1 aromatic heterocycles. The molecule has 0 spiro atoms. The van der Waals surface area contributed by atoms with Crippen molar-refractivity contribution in [2.45, 2.75) is 12.8 Å². The van der Waals surface area contributed by atoms with Gasteiger partial charge >= 0.3 is 5.97 Å². The van der Waals surface area contributed by atoms with E-state index in [0.717, 1.165) is 5.56 Å². The molecule has 104 valence electrons. The predicted molar refractivity (Wildman–Crippen MR) is 72.0 cm³/mol. The van der Waals surface area contributed by atoms with Crippen LogP contribution in [0.3, 0.4) is 0 Å². The number of rotatable bonds is 5. The predicted octanol–water partition coefficient (Wildman–Crippen LogP) is 0.996. The van der Waals surface area contributed by atoms with Crippen molar-refractivity contribution >= 4 is 5.97 Å². The number of ether oxygens (including phenoxy) is 1. The van der Waals surface area contributed by atoms with E-state index in [2.05, 4.69) is 9.97 Å². The third-order valence-corrected chi connectivity index (χ3v) is 2.73. The summed E-state index contributed by atoms with van der Waals surface area (Å²) in [5.74, 6) is 0.0865. The van der Waals surface area contributed by atoms with Crippen molar-refractivity contribution in [2.75, 3.05) is 7.11 Å². The van der Waals surface area contributed by atoms with Gasteiger partial charge < -0.3 is 14.8 Å². The molecule has 1 aromatic carbocycles. The summed E-state index contributed by atoms with van der Waals surface area (Å²) in [6.07, 6.45) is 0.0928. The van der Waals surface area contributed by atoms with E-state index in [0.29, 0.717) is 18.0 Å². The molecule has 6 nitrogen and oxygen atoms in total. The number of carbonyl (C=O) groups is 1. The maximum absolute atomic E-state index is 11.5. The van der Waals surface area contributed by atoms with Gasteiger partial charge in [0.2, 0.25) is 0 Å². The fourth-order valence-corrected chi connectivity index (χ4v) is 1.92. The normalized spacial score (nSPS) is 10.2. The number of aromatic amines is 1. The molecule has 0 saturated carbocycles. The monoisotopic (exact) mass is 274 g/mol. The molecule has 0 aliphatic heterocycles. The average molecular weight is 274 g/mol. The highest BCUT2D eigenvalue weighted by Gasteiger charge is 2.08. The number of benzene rings is 1. The molecule has 0 saturated heterocycles. The van der Waals surface area contributed by atoms with Crippen molar-refractivity contribution in [2.24, 2.45) is 0 Å². The van der Waals surface area contributed by atoms with Gasteiger partial charge in [0.05, 0.1) is 19.2 Å². The van der Waals surface area contributed by atoms with Crippen molar-refractivity contribution in [3.63, 3.8) is 0 Å². The molecule has 2 rings (SSSR count). The number of carboxylic acid groups (broad SMARTS) is 1. The van der Waals surface area contributed by atoms with Crippen molar-refractivity contribution < 1.29 is 14.6 Å². The van der Waals surface area contributed by atoms with Crippen molar-refractivity contribution in [3.8, 4) is 5.75 Å². The number of para-hydroxylation sites is 1. The number of nitrogens with zero attached hydrogens (tertiary/aromatic N) is 1. The topological polar surface area (TPSA) is 92.3 Å². The van der Waals surface area contributed by atoms with Gasteiger partial charge in [-0.1, -0.05) is 18.2 Å². The smallest absolute Gasteiger partial charge is 0.309 e. The first-order valence-electron chi connectivity index (χ1n) is 6.01. The molecule has 20 heavy (non-hydrogen) atoms. The van der Waals surface area contributed by atoms with Crippen LogP contribution < -0.4 is 10.3 Å². The number of carboxylic acids is 1. The number of hydrogen-bond donors (Lipinski definition) is 2. The summed E-state index contributed by atoms with van der Waals surface area (Å²) in [6, 6.07) is 8.58. The maximum Gasteiger partial charge on any atom is 0.309 e. The Morgan fingerprint density at radius 1 is 1.40 bits per heavy atom. The fraction of sp³-hybridized carbons (Fsp3) is 0.214. The summed E-state index contributed by atoms with van der Waals surface area (Å²) in [4.78, 5) is 29.0. The van der Waals surface area contributed by atoms with Gasteiger partial charge in [0.25, 0.3) is 5.56 Å². The highest BCUT2D eigenvalue weighted by molar-refractivity contribution is 5.69. The molecular formula is C14H14N2O4. The van der Waals surface area contributed by atoms with E-state index in [-0.39, 0.29) is 17.7 Å².